The first-order valence-electron chi connectivity index (χ1n) is 7.24. The number of ether oxygens (including phenoxy) is 1. The minimum atomic E-state index is 0.215. The number of methoxy groups -OCH3 is 1. The first-order chi connectivity index (χ1) is 8.70. The summed E-state index contributed by atoms with van der Waals surface area (Å²) in [6.45, 7) is 5.00. The molecule has 0 radical (unpaired) electrons. The molecule has 4 nitrogen and oxygen atoms in total. The zero-order valence-electron chi connectivity index (χ0n) is 11.7. The maximum absolute atomic E-state index is 12.2. The molecule has 0 saturated carbocycles. The minimum absolute atomic E-state index is 0.215. The van der Waals surface area contributed by atoms with Gasteiger partial charge in [-0.15, -0.1) is 0 Å². The second-order valence-corrected chi connectivity index (χ2v) is 5.71. The van der Waals surface area contributed by atoms with E-state index in [9.17, 15) is 4.79 Å². The van der Waals surface area contributed by atoms with Gasteiger partial charge in [0, 0.05) is 32.7 Å². The zero-order chi connectivity index (χ0) is 13.0. The van der Waals surface area contributed by atoms with Gasteiger partial charge in [0.25, 0.3) is 0 Å². The summed E-state index contributed by atoms with van der Waals surface area (Å²) in [5, 5.41) is 3.45. The van der Waals surface area contributed by atoms with Crippen molar-refractivity contribution in [3.8, 4) is 0 Å². The average molecular weight is 254 g/mol. The molecule has 3 unspecified atom stereocenters. The van der Waals surface area contributed by atoms with Crippen molar-refractivity contribution in [2.45, 2.75) is 51.2 Å². The van der Waals surface area contributed by atoms with Crippen molar-refractivity contribution in [1.29, 1.82) is 0 Å². The van der Waals surface area contributed by atoms with E-state index in [1.54, 1.807) is 7.11 Å². The van der Waals surface area contributed by atoms with Crippen LogP contribution in [-0.2, 0) is 9.53 Å². The topological polar surface area (TPSA) is 41.6 Å². The van der Waals surface area contributed by atoms with E-state index >= 15 is 0 Å². The molecule has 2 aliphatic rings. The van der Waals surface area contributed by atoms with E-state index in [1.807, 2.05) is 4.90 Å². The maximum Gasteiger partial charge on any atom is 0.222 e. The molecule has 2 aliphatic heterocycles. The summed E-state index contributed by atoms with van der Waals surface area (Å²) in [6.07, 6.45) is 5.43. The zero-order valence-corrected chi connectivity index (χ0v) is 11.7. The lowest BCUT2D eigenvalue weighted by atomic mass is 9.95. The Balaban J connectivity index is 1.74. The highest BCUT2D eigenvalue weighted by Gasteiger charge is 2.28. The molecule has 0 bridgehead atoms. The Bertz CT molecular complexity index is 277. The van der Waals surface area contributed by atoms with Crippen LogP contribution in [0, 0.1) is 5.92 Å². The molecule has 1 amide bonds. The molecule has 0 aromatic rings. The number of amides is 1. The van der Waals surface area contributed by atoms with Crippen molar-refractivity contribution in [2.24, 2.45) is 5.92 Å². The molecule has 0 aliphatic carbocycles. The van der Waals surface area contributed by atoms with E-state index in [1.165, 1.54) is 12.8 Å². The molecule has 3 atom stereocenters. The second kappa shape index (κ2) is 6.53. The van der Waals surface area contributed by atoms with E-state index < -0.39 is 0 Å². The van der Waals surface area contributed by atoms with E-state index in [0.717, 1.165) is 32.5 Å². The van der Waals surface area contributed by atoms with Crippen LogP contribution < -0.4 is 5.32 Å². The third kappa shape index (κ3) is 3.45. The van der Waals surface area contributed by atoms with Gasteiger partial charge in [-0.2, -0.15) is 0 Å². The summed E-state index contributed by atoms with van der Waals surface area (Å²) < 4.78 is 5.46. The summed E-state index contributed by atoms with van der Waals surface area (Å²) in [5.74, 6) is 0.869. The fourth-order valence-electron chi connectivity index (χ4n) is 3.03. The molecule has 2 rings (SSSR count). The number of rotatable bonds is 4. The van der Waals surface area contributed by atoms with E-state index in [-0.39, 0.29) is 6.10 Å². The normalized spacial score (nSPS) is 32.8. The second-order valence-electron chi connectivity index (χ2n) is 5.71. The molecular formula is C14H26N2O2. The number of piperidine rings is 1. The van der Waals surface area contributed by atoms with Gasteiger partial charge in [0.05, 0.1) is 6.10 Å². The fourth-order valence-corrected chi connectivity index (χ4v) is 3.03. The van der Waals surface area contributed by atoms with Crippen LogP contribution in [0.1, 0.15) is 39.0 Å². The van der Waals surface area contributed by atoms with Crippen LogP contribution >= 0.6 is 0 Å². The third-order valence-electron chi connectivity index (χ3n) is 4.41. The van der Waals surface area contributed by atoms with E-state index in [0.29, 0.717) is 24.3 Å². The van der Waals surface area contributed by atoms with Crippen LogP contribution in [0.3, 0.4) is 0 Å². The molecule has 4 heteroatoms. The van der Waals surface area contributed by atoms with E-state index in [2.05, 4.69) is 12.2 Å². The molecule has 2 heterocycles. The van der Waals surface area contributed by atoms with Gasteiger partial charge in [-0.05, 0) is 38.1 Å². The average Bonchev–Trinajstić information content (AvgIpc) is 2.89. The van der Waals surface area contributed by atoms with Gasteiger partial charge in [0.15, 0.2) is 0 Å². The Morgan fingerprint density at radius 1 is 1.44 bits per heavy atom. The third-order valence-corrected chi connectivity index (χ3v) is 4.41. The van der Waals surface area contributed by atoms with Gasteiger partial charge < -0.3 is 15.0 Å². The summed E-state index contributed by atoms with van der Waals surface area (Å²) >= 11 is 0. The van der Waals surface area contributed by atoms with Crippen molar-refractivity contribution >= 4 is 5.91 Å². The van der Waals surface area contributed by atoms with Crippen molar-refractivity contribution < 1.29 is 9.53 Å². The lowest BCUT2D eigenvalue weighted by Gasteiger charge is -2.36. The fraction of sp³-hybridized carbons (Fsp3) is 0.929. The van der Waals surface area contributed by atoms with Crippen molar-refractivity contribution in [3.05, 3.63) is 0 Å². The Hall–Kier alpha value is -0.610. The molecular weight excluding hydrogens is 228 g/mol. The van der Waals surface area contributed by atoms with E-state index in [4.69, 9.17) is 4.74 Å². The van der Waals surface area contributed by atoms with Crippen LogP contribution in [-0.4, -0.2) is 49.7 Å². The smallest absolute Gasteiger partial charge is 0.222 e. The summed E-state index contributed by atoms with van der Waals surface area (Å²) in [5.41, 5.74) is 0. The minimum Gasteiger partial charge on any atom is -0.379 e. The molecule has 2 fully saturated rings. The van der Waals surface area contributed by atoms with Crippen molar-refractivity contribution in [1.82, 2.24) is 10.2 Å². The van der Waals surface area contributed by atoms with Crippen LogP contribution in [0.2, 0.25) is 0 Å². The lowest BCUT2D eigenvalue weighted by molar-refractivity contribution is -0.136. The predicted molar refractivity (Wildman–Crippen MR) is 71.4 cm³/mol. The maximum atomic E-state index is 12.2. The predicted octanol–water partition coefficient (Wildman–Crippen LogP) is 1.40. The van der Waals surface area contributed by atoms with Crippen molar-refractivity contribution in [2.75, 3.05) is 26.7 Å². The number of nitrogens with zero attached hydrogens (tertiary/aromatic N) is 1. The van der Waals surface area contributed by atoms with Gasteiger partial charge in [0.1, 0.15) is 0 Å². The van der Waals surface area contributed by atoms with Crippen LogP contribution in [0.15, 0.2) is 0 Å². The number of hydrogen-bond donors (Lipinski definition) is 1. The number of carbonyl (C=O) groups excluding carboxylic acids is 1. The van der Waals surface area contributed by atoms with Gasteiger partial charge in [-0.3, -0.25) is 4.79 Å². The molecule has 104 valence electrons. The van der Waals surface area contributed by atoms with Gasteiger partial charge in [-0.1, -0.05) is 6.92 Å². The summed E-state index contributed by atoms with van der Waals surface area (Å²) in [6, 6.07) is 0.566. The molecule has 0 aromatic carbocycles. The highest BCUT2D eigenvalue weighted by Crippen LogP contribution is 2.21. The van der Waals surface area contributed by atoms with Gasteiger partial charge in [-0.25, -0.2) is 0 Å². The Kier molecular flexibility index (Phi) is 5.01. The molecule has 0 aromatic heterocycles. The SMILES string of the molecule is COC1CN(C(=O)CCC2CCCN2)CCC1C. The molecule has 2 saturated heterocycles. The van der Waals surface area contributed by atoms with Gasteiger partial charge in [0.2, 0.25) is 5.91 Å². The first kappa shape index (κ1) is 13.8. The monoisotopic (exact) mass is 254 g/mol. The largest absolute Gasteiger partial charge is 0.379 e. The van der Waals surface area contributed by atoms with Crippen LogP contribution in [0.5, 0.6) is 0 Å². The van der Waals surface area contributed by atoms with Crippen LogP contribution in [0.4, 0.5) is 0 Å². The molecule has 0 spiro atoms. The summed E-state index contributed by atoms with van der Waals surface area (Å²) in [7, 11) is 1.75. The van der Waals surface area contributed by atoms with Gasteiger partial charge >= 0.3 is 0 Å². The molecule has 18 heavy (non-hydrogen) atoms. The highest BCUT2D eigenvalue weighted by atomic mass is 16.5. The highest BCUT2D eigenvalue weighted by molar-refractivity contribution is 5.76. The summed E-state index contributed by atoms with van der Waals surface area (Å²) in [4.78, 5) is 14.2. The lowest BCUT2D eigenvalue weighted by Crippen LogP contribution is -2.46. The van der Waals surface area contributed by atoms with Crippen molar-refractivity contribution in [3.63, 3.8) is 0 Å². The number of carbonyl (C=O) groups is 1. The number of nitrogens with one attached hydrogen (secondary N) is 1. The standard InChI is InChI=1S/C14H26N2O2/c1-11-7-9-16(10-13(11)18-2)14(17)6-5-12-4-3-8-15-12/h11-13,15H,3-10H2,1-2H3. The molecule has 1 N–H and O–H groups in total. The Morgan fingerprint density at radius 3 is 2.94 bits per heavy atom. The number of hydrogen-bond acceptors (Lipinski definition) is 3. The van der Waals surface area contributed by atoms with Crippen LogP contribution in [0.25, 0.3) is 0 Å². The quantitative estimate of drug-likeness (QED) is 0.824. The Morgan fingerprint density at radius 2 is 2.28 bits per heavy atom. The number of likely N-dealkylation sites (tertiary alicyclic amines) is 1. The Labute approximate surface area is 110 Å². The first-order valence-corrected chi connectivity index (χ1v) is 7.24.